The van der Waals surface area contributed by atoms with E-state index < -0.39 is 5.97 Å². The van der Waals surface area contributed by atoms with Crippen LogP contribution in [0.3, 0.4) is 0 Å². The lowest BCUT2D eigenvalue weighted by molar-refractivity contribution is -0.121. The molecule has 1 N–H and O–H groups in total. The zero-order chi connectivity index (χ0) is 15.9. The molecule has 1 aromatic carbocycles. The second-order valence-corrected chi connectivity index (χ2v) is 5.27. The van der Waals surface area contributed by atoms with E-state index in [2.05, 4.69) is 17.5 Å². The van der Waals surface area contributed by atoms with Gasteiger partial charge >= 0.3 is 5.97 Å². The van der Waals surface area contributed by atoms with E-state index in [0.29, 0.717) is 30.2 Å². The Bertz CT molecular complexity index is 580. The maximum absolute atomic E-state index is 11.9. The Labute approximate surface area is 130 Å². The van der Waals surface area contributed by atoms with E-state index in [0.717, 1.165) is 18.4 Å². The summed E-state index contributed by atoms with van der Waals surface area (Å²) < 4.78 is 9.88. The van der Waals surface area contributed by atoms with Crippen LogP contribution >= 0.6 is 0 Å². The molecule has 1 amide bonds. The van der Waals surface area contributed by atoms with Crippen molar-refractivity contribution in [3.63, 3.8) is 0 Å². The van der Waals surface area contributed by atoms with E-state index in [1.54, 1.807) is 12.1 Å². The summed E-state index contributed by atoms with van der Waals surface area (Å²) in [7, 11) is 2.82. The van der Waals surface area contributed by atoms with Crippen LogP contribution in [0.15, 0.2) is 30.4 Å². The molecule has 0 fully saturated rings. The Kier molecular flexibility index (Phi) is 5.58. The lowest BCUT2D eigenvalue weighted by Crippen LogP contribution is -2.24. The van der Waals surface area contributed by atoms with Gasteiger partial charge in [0, 0.05) is 13.0 Å². The molecule has 2 rings (SSSR count). The van der Waals surface area contributed by atoms with Gasteiger partial charge < -0.3 is 14.8 Å². The lowest BCUT2D eigenvalue weighted by Gasteiger charge is -2.11. The molecule has 1 aliphatic rings. The van der Waals surface area contributed by atoms with Crippen LogP contribution in [-0.2, 0) is 16.1 Å². The number of allylic oxidation sites excluding steroid dienone is 2. The Morgan fingerprint density at radius 3 is 2.77 bits per heavy atom. The normalized spacial score (nSPS) is 16.4. The molecule has 0 spiro atoms. The van der Waals surface area contributed by atoms with E-state index in [1.807, 2.05) is 6.07 Å². The van der Waals surface area contributed by atoms with Crippen LogP contribution in [0.4, 0.5) is 0 Å². The number of hydrogen-bond acceptors (Lipinski definition) is 4. The fourth-order valence-corrected chi connectivity index (χ4v) is 2.51. The van der Waals surface area contributed by atoms with Crippen LogP contribution in [0.1, 0.15) is 35.2 Å². The Morgan fingerprint density at radius 2 is 2.14 bits per heavy atom. The molecular weight excluding hydrogens is 282 g/mol. The minimum Gasteiger partial charge on any atom is -0.496 e. The molecule has 0 saturated heterocycles. The van der Waals surface area contributed by atoms with Crippen LogP contribution < -0.4 is 10.1 Å². The average molecular weight is 303 g/mol. The molecular formula is C17H21NO4. The van der Waals surface area contributed by atoms with Crippen LogP contribution in [0, 0.1) is 5.92 Å². The summed E-state index contributed by atoms with van der Waals surface area (Å²) in [5.41, 5.74) is 1.19. The van der Waals surface area contributed by atoms with Crippen molar-refractivity contribution >= 4 is 11.9 Å². The topological polar surface area (TPSA) is 64.6 Å². The maximum Gasteiger partial charge on any atom is 0.341 e. The van der Waals surface area contributed by atoms with Crippen LogP contribution in [0.25, 0.3) is 0 Å². The van der Waals surface area contributed by atoms with E-state index >= 15 is 0 Å². The van der Waals surface area contributed by atoms with E-state index in [9.17, 15) is 9.59 Å². The monoisotopic (exact) mass is 303 g/mol. The average Bonchev–Trinajstić information content (AvgIpc) is 3.04. The van der Waals surface area contributed by atoms with Crippen molar-refractivity contribution in [3.8, 4) is 5.75 Å². The van der Waals surface area contributed by atoms with Gasteiger partial charge in [-0.25, -0.2) is 4.79 Å². The lowest BCUT2D eigenvalue weighted by atomic mass is 10.0. The van der Waals surface area contributed by atoms with Gasteiger partial charge in [0.25, 0.3) is 0 Å². The van der Waals surface area contributed by atoms with E-state index in [1.165, 1.54) is 14.2 Å². The molecule has 1 aliphatic carbocycles. The number of amides is 1. The molecule has 1 atom stereocenters. The summed E-state index contributed by atoms with van der Waals surface area (Å²) in [4.78, 5) is 23.6. The summed E-state index contributed by atoms with van der Waals surface area (Å²) in [6.45, 7) is 0.378. The van der Waals surface area contributed by atoms with Crippen molar-refractivity contribution in [1.29, 1.82) is 0 Å². The predicted molar refractivity (Wildman–Crippen MR) is 82.7 cm³/mol. The van der Waals surface area contributed by atoms with Crippen LogP contribution in [0.5, 0.6) is 5.75 Å². The first-order valence-corrected chi connectivity index (χ1v) is 7.32. The van der Waals surface area contributed by atoms with Crippen molar-refractivity contribution < 1.29 is 19.1 Å². The molecule has 1 aromatic rings. The van der Waals surface area contributed by atoms with Gasteiger partial charge in [-0.2, -0.15) is 0 Å². The number of methoxy groups -OCH3 is 2. The summed E-state index contributed by atoms with van der Waals surface area (Å²) in [5, 5.41) is 2.88. The van der Waals surface area contributed by atoms with Crippen LogP contribution in [0.2, 0.25) is 0 Å². The second-order valence-electron chi connectivity index (χ2n) is 5.27. The molecule has 5 heteroatoms. The van der Waals surface area contributed by atoms with E-state index in [4.69, 9.17) is 9.47 Å². The quantitative estimate of drug-likeness (QED) is 0.647. The largest absolute Gasteiger partial charge is 0.496 e. The standard InChI is InChI=1S/C17H21NO4/c1-21-15-8-7-13(9-14(15)17(20)22-2)11-18-16(19)10-12-5-3-4-6-12/h3,5,7-9,12H,4,6,10-11H2,1-2H3,(H,18,19)/t12-/m0/s1. The van der Waals surface area contributed by atoms with Gasteiger partial charge in [0.1, 0.15) is 11.3 Å². The summed E-state index contributed by atoms with van der Waals surface area (Å²) in [6, 6.07) is 5.20. The zero-order valence-corrected chi connectivity index (χ0v) is 12.9. The third-order valence-electron chi connectivity index (χ3n) is 3.72. The maximum atomic E-state index is 11.9. The molecule has 0 bridgehead atoms. The smallest absolute Gasteiger partial charge is 0.341 e. The van der Waals surface area contributed by atoms with Crippen molar-refractivity contribution in [3.05, 3.63) is 41.5 Å². The van der Waals surface area contributed by atoms with Gasteiger partial charge in [0.15, 0.2) is 0 Å². The summed E-state index contributed by atoms with van der Waals surface area (Å²) in [5.74, 6) is 0.368. The van der Waals surface area contributed by atoms with Crippen molar-refractivity contribution in [1.82, 2.24) is 5.32 Å². The molecule has 5 nitrogen and oxygen atoms in total. The van der Waals surface area contributed by atoms with Crippen LogP contribution in [-0.4, -0.2) is 26.1 Å². The molecule has 0 radical (unpaired) electrons. The molecule has 118 valence electrons. The zero-order valence-electron chi connectivity index (χ0n) is 12.9. The Morgan fingerprint density at radius 1 is 1.32 bits per heavy atom. The number of nitrogens with one attached hydrogen (secondary N) is 1. The van der Waals surface area contributed by atoms with Crippen molar-refractivity contribution in [2.75, 3.05) is 14.2 Å². The Hall–Kier alpha value is -2.30. The number of carbonyl (C=O) groups is 2. The summed E-state index contributed by atoms with van der Waals surface area (Å²) >= 11 is 0. The highest BCUT2D eigenvalue weighted by Gasteiger charge is 2.15. The third-order valence-corrected chi connectivity index (χ3v) is 3.72. The number of benzene rings is 1. The highest BCUT2D eigenvalue weighted by atomic mass is 16.5. The SMILES string of the molecule is COC(=O)c1cc(CNC(=O)C[C@H]2C=CCC2)ccc1OC. The highest BCUT2D eigenvalue weighted by Crippen LogP contribution is 2.22. The first kappa shape index (κ1) is 16.1. The van der Waals surface area contributed by atoms with Gasteiger partial charge in [-0.3, -0.25) is 4.79 Å². The molecule has 0 aliphatic heterocycles. The molecule has 0 saturated carbocycles. The van der Waals surface area contributed by atoms with Gasteiger partial charge in [-0.15, -0.1) is 0 Å². The van der Waals surface area contributed by atoms with Gasteiger partial charge in [0.2, 0.25) is 5.91 Å². The molecule has 0 aromatic heterocycles. The number of hydrogen-bond donors (Lipinski definition) is 1. The Balaban J connectivity index is 1.96. The van der Waals surface area contributed by atoms with Crippen molar-refractivity contribution in [2.24, 2.45) is 5.92 Å². The first-order valence-electron chi connectivity index (χ1n) is 7.32. The minimum absolute atomic E-state index is 0.0204. The summed E-state index contributed by atoms with van der Waals surface area (Å²) in [6.07, 6.45) is 6.82. The molecule has 0 heterocycles. The second kappa shape index (κ2) is 7.64. The third kappa shape index (κ3) is 4.10. The molecule has 22 heavy (non-hydrogen) atoms. The van der Waals surface area contributed by atoms with E-state index in [-0.39, 0.29) is 5.91 Å². The first-order chi connectivity index (χ1) is 10.6. The highest BCUT2D eigenvalue weighted by molar-refractivity contribution is 5.92. The molecule has 0 unspecified atom stereocenters. The number of carbonyl (C=O) groups excluding carboxylic acids is 2. The predicted octanol–water partition coefficient (Wildman–Crippen LogP) is 2.45. The van der Waals surface area contributed by atoms with Gasteiger partial charge in [0.05, 0.1) is 14.2 Å². The number of ether oxygens (including phenoxy) is 2. The number of rotatable bonds is 6. The number of esters is 1. The van der Waals surface area contributed by atoms with Crippen molar-refractivity contribution in [2.45, 2.75) is 25.8 Å². The van der Waals surface area contributed by atoms with Gasteiger partial charge in [-0.1, -0.05) is 18.2 Å². The fourth-order valence-electron chi connectivity index (χ4n) is 2.51. The fraction of sp³-hybridized carbons (Fsp3) is 0.412. The van der Waals surface area contributed by atoms with Gasteiger partial charge in [-0.05, 0) is 36.5 Å². The minimum atomic E-state index is -0.457.